The van der Waals surface area contributed by atoms with Crippen LogP contribution in [-0.2, 0) is 0 Å². The molecule has 16 heavy (non-hydrogen) atoms. The number of nitrogens with one attached hydrogen (secondary N) is 1. The van der Waals surface area contributed by atoms with Crippen LogP contribution < -0.4 is 15.8 Å². The Morgan fingerprint density at radius 3 is 2.81 bits per heavy atom. The van der Waals surface area contributed by atoms with E-state index in [1.165, 1.54) is 0 Å². The largest absolute Gasteiger partial charge is 0.497 e. The van der Waals surface area contributed by atoms with E-state index in [0.717, 1.165) is 5.57 Å². The summed E-state index contributed by atoms with van der Waals surface area (Å²) in [5, 5.41) is 2.72. The van der Waals surface area contributed by atoms with Crippen LogP contribution in [0.3, 0.4) is 0 Å². The van der Waals surface area contributed by atoms with Crippen LogP contribution >= 0.6 is 0 Å². The predicted octanol–water partition coefficient (Wildman–Crippen LogP) is 1.58. The maximum atomic E-state index is 11.8. The summed E-state index contributed by atoms with van der Waals surface area (Å²) in [5.74, 6) is 0.383. The molecule has 1 aromatic rings. The summed E-state index contributed by atoms with van der Waals surface area (Å²) in [6.07, 6.45) is 0. The number of carbonyl (C=O) groups excluding carboxylic acids is 1. The number of carbonyl (C=O) groups is 1. The van der Waals surface area contributed by atoms with Crippen LogP contribution in [0.25, 0.3) is 0 Å². The first-order chi connectivity index (χ1) is 7.54. The molecule has 0 aliphatic heterocycles. The summed E-state index contributed by atoms with van der Waals surface area (Å²) < 4.78 is 5.03. The monoisotopic (exact) mass is 220 g/mol. The molecule has 0 radical (unpaired) electrons. The number of ether oxygens (including phenoxy) is 1. The Balaban J connectivity index is 2.85. The molecule has 1 rings (SSSR count). The van der Waals surface area contributed by atoms with Crippen molar-refractivity contribution >= 4 is 11.6 Å². The van der Waals surface area contributed by atoms with Crippen molar-refractivity contribution in [2.45, 2.75) is 6.92 Å². The number of methoxy groups -OCH3 is 1. The summed E-state index contributed by atoms with van der Waals surface area (Å²) in [6.45, 7) is 5.99. The van der Waals surface area contributed by atoms with Gasteiger partial charge in [-0.05, 0) is 25.1 Å². The topological polar surface area (TPSA) is 64.3 Å². The Hall–Kier alpha value is -1.97. The minimum atomic E-state index is -0.223. The van der Waals surface area contributed by atoms with Gasteiger partial charge in [-0.15, -0.1) is 0 Å². The van der Waals surface area contributed by atoms with Crippen molar-refractivity contribution in [3.63, 3.8) is 0 Å². The van der Waals surface area contributed by atoms with E-state index in [0.29, 0.717) is 23.5 Å². The fourth-order valence-electron chi connectivity index (χ4n) is 1.19. The lowest BCUT2D eigenvalue weighted by Crippen LogP contribution is -2.25. The number of hydrogen-bond donors (Lipinski definition) is 2. The third-order valence-electron chi connectivity index (χ3n) is 2.06. The molecule has 0 aliphatic carbocycles. The summed E-state index contributed by atoms with van der Waals surface area (Å²) in [7, 11) is 1.54. The van der Waals surface area contributed by atoms with Crippen LogP contribution in [0.2, 0.25) is 0 Å². The van der Waals surface area contributed by atoms with Gasteiger partial charge in [-0.2, -0.15) is 0 Å². The first-order valence-corrected chi connectivity index (χ1v) is 4.90. The highest BCUT2D eigenvalue weighted by Gasteiger charge is 2.10. The third kappa shape index (κ3) is 3.02. The molecule has 86 valence electrons. The zero-order valence-electron chi connectivity index (χ0n) is 9.54. The van der Waals surface area contributed by atoms with E-state index in [-0.39, 0.29) is 5.91 Å². The average molecular weight is 220 g/mol. The average Bonchev–Trinajstić information content (AvgIpc) is 2.26. The molecule has 4 nitrogen and oxygen atoms in total. The van der Waals surface area contributed by atoms with Gasteiger partial charge in [0.05, 0.1) is 12.7 Å². The van der Waals surface area contributed by atoms with Gasteiger partial charge in [0.2, 0.25) is 0 Å². The number of benzene rings is 1. The van der Waals surface area contributed by atoms with Crippen molar-refractivity contribution in [1.82, 2.24) is 5.32 Å². The van der Waals surface area contributed by atoms with Gasteiger partial charge in [-0.3, -0.25) is 4.79 Å². The Morgan fingerprint density at radius 2 is 2.25 bits per heavy atom. The number of hydrogen-bond acceptors (Lipinski definition) is 3. The molecule has 1 aromatic carbocycles. The van der Waals surface area contributed by atoms with Crippen LogP contribution in [0, 0.1) is 0 Å². The molecule has 0 atom stereocenters. The molecule has 0 aliphatic rings. The van der Waals surface area contributed by atoms with E-state index in [1.54, 1.807) is 25.3 Å². The minimum absolute atomic E-state index is 0.223. The molecule has 0 fully saturated rings. The van der Waals surface area contributed by atoms with Crippen molar-refractivity contribution in [2.75, 3.05) is 19.4 Å². The standard InChI is InChI=1S/C12H16N2O2/c1-8(2)7-14-12(15)10-6-9(16-3)4-5-11(10)13/h4-6H,1,7,13H2,2-3H3,(H,14,15). The van der Waals surface area contributed by atoms with E-state index in [1.807, 2.05) is 6.92 Å². The summed E-state index contributed by atoms with van der Waals surface area (Å²) in [6, 6.07) is 4.97. The van der Waals surface area contributed by atoms with Crippen molar-refractivity contribution in [1.29, 1.82) is 0 Å². The molecule has 0 spiro atoms. The lowest BCUT2D eigenvalue weighted by atomic mass is 10.1. The second kappa shape index (κ2) is 5.21. The molecular weight excluding hydrogens is 204 g/mol. The first kappa shape index (κ1) is 12.1. The van der Waals surface area contributed by atoms with Gasteiger partial charge in [-0.1, -0.05) is 12.2 Å². The van der Waals surface area contributed by atoms with Crippen molar-refractivity contribution in [3.05, 3.63) is 35.9 Å². The SMILES string of the molecule is C=C(C)CNC(=O)c1cc(OC)ccc1N. The van der Waals surface area contributed by atoms with E-state index in [2.05, 4.69) is 11.9 Å². The van der Waals surface area contributed by atoms with E-state index >= 15 is 0 Å². The highest BCUT2D eigenvalue weighted by molar-refractivity contribution is 5.99. The van der Waals surface area contributed by atoms with Gasteiger partial charge in [0.1, 0.15) is 5.75 Å². The number of amides is 1. The van der Waals surface area contributed by atoms with Gasteiger partial charge in [0, 0.05) is 12.2 Å². The van der Waals surface area contributed by atoms with Crippen LogP contribution in [-0.4, -0.2) is 19.6 Å². The molecule has 1 amide bonds. The quantitative estimate of drug-likeness (QED) is 0.598. The molecule has 0 bridgehead atoms. The number of anilines is 1. The van der Waals surface area contributed by atoms with Crippen molar-refractivity contribution < 1.29 is 9.53 Å². The van der Waals surface area contributed by atoms with Crippen LogP contribution in [0.1, 0.15) is 17.3 Å². The second-order valence-corrected chi connectivity index (χ2v) is 3.59. The zero-order valence-corrected chi connectivity index (χ0v) is 9.54. The van der Waals surface area contributed by atoms with E-state index in [9.17, 15) is 4.79 Å². The Bertz CT molecular complexity index is 413. The van der Waals surface area contributed by atoms with E-state index in [4.69, 9.17) is 10.5 Å². The Kier molecular flexibility index (Phi) is 3.94. The molecule has 3 N–H and O–H groups in total. The smallest absolute Gasteiger partial charge is 0.253 e. The van der Waals surface area contributed by atoms with Gasteiger partial charge in [-0.25, -0.2) is 0 Å². The van der Waals surface area contributed by atoms with Gasteiger partial charge >= 0.3 is 0 Å². The Labute approximate surface area is 95.1 Å². The molecule has 0 unspecified atom stereocenters. The maximum Gasteiger partial charge on any atom is 0.253 e. The second-order valence-electron chi connectivity index (χ2n) is 3.59. The molecular formula is C12H16N2O2. The van der Waals surface area contributed by atoms with Crippen molar-refractivity contribution in [3.8, 4) is 5.75 Å². The van der Waals surface area contributed by atoms with Crippen LogP contribution in [0.4, 0.5) is 5.69 Å². The van der Waals surface area contributed by atoms with Crippen LogP contribution in [0.5, 0.6) is 5.75 Å². The summed E-state index contributed by atoms with van der Waals surface area (Å²) in [4.78, 5) is 11.8. The Morgan fingerprint density at radius 1 is 1.56 bits per heavy atom. The predicted molar refractivity (Wildman–Crippen MR) is 64.6 cm³/mol. The molecule has 0 aromatic heterocycles. The van der Waals surface area contributed by atoms with Crippen molar-refractivity contribution in [2.24, 2.45) is 0 Å². The fourth-order valence-corrected chi connectivity index (χ4v) is 1.19. The zero-order chi connectivity index (χ0) is 12.1. The molecule has 0 saturated carbocycles. The fraction of sp³-hybridized carbons (Fsp3) is 0.250. The minimum Gasteiger partial charge on any atom is -0.497 e. The van der Waals surface area contributed by atoms with E-state index < -0.39 is 0 Å². The van der Waals surface area contributed by atoms with Gasteiger partial charge < -0.3 is 15.8 Å². The highest BCUT2D eigenvalue weighted by atomic mass is 16.5. The lowest BCUT2D eigenvalue weighted by Gasteiger charge is -2.08. The summed E-state index contributed by atoms with van der Waals surface area (Å²) in [5.41, 5.74) is 7.44. The van der Waals surface area contributed by atoms with Crippen LogP contribution in [0.15, 0.2) is 30.4 Å². The lowest BCUT2D eigenvalue weighted by molar-refractivity contribution is 0.0957. The molecule has 4 heteroatoms. The first-order valence-electron chi connectivity index (χ1n) is 4.90. The molecule has 0 heterocycles. The number of nitrogens with two attached hydrogens (primary N) is 1. The van der Waals surface area contributed by atoms with Gasteiger partial charge in [0.15, 0.2) is 0 Å². The highest BCUT2D eigenvalue weighted by Crippen LogP contribution is 2.19. The van der Waals surface area contributed by atoms with Gasteiger partial charge in [0.25, 0.3) is 5.91 Å². The number of rotatable bonds is 4. The molecule has 0 saturated heterocycles. The normalized spacial score (nSPS) is 9.62. The number of nitrogen functional groups attached to an aromatic ring is 1. The maximum absolute atomic E-state index is 11.8. The third-order valence-corrected chi connectivity index (χ3v) is 2.06. The summed E-state index contributed by atoms with van der Waals surface area (Å²) >= 11 is 0.